The van der Waals surface area contributed by atoms with Crippen LogP contribution in [0.15, 0.2) is 12.1 Å². The van der Waals surface area contributed by atoms with Gasteiger partial charge in [-0.3, -0.25) is 0 Å². The first kappa shape index (κ1) is 13.6. The summed E-state index contributed by atoms with van der Waals surface area (Å²) in [6.07, 6.45) is 1.64. The summed E-state index contributed by atoms with van der Waals surface area (Å²) in [5.74, 6) is 2.22. The average Bonchev–Trinajstić information content (AvgIpc) is 2.38. The highest BCUT2D eigenvalue weighted by atomic mass is 16.5. The molecule has 0 aliphatic rings. The molecule has 0 radical (unpaired) electrons. The standard InChI is InChI=1S/C13H21NO3/c1-5-9(14)6-11-12(16-3)7-10(15-2)8-13(11)17-4/h7-9H,5-6,14H2,1-4H3. The summed E-state index contributed by atoms with van der Waals surface area (Å²) < 4.78 is 15.9. The van der Waals surface area contributed by atoms with Crippen LogP contribution in [0.3, 0.4) is 0 Å². The lowest BCUT2D eigenvalue weighted by Gasteiger charge is -2.17. The van der Waals surface area contributed by atoms with Gasteiger partial charge in [-0.05, 0) is 12.8 Å². The molecule has 0 aromatic heterocycles. The van der Waals surface area contributed by atoms with Crippen molar-refractivity contribution >= 4 is 0 Å². The molecule has 0 aliphatic carbocycles. The van der Waals surface area contributed by atoms with Gasteiger partial charge in [-0.25, -0.2) is 0 Å². The quantitative estimate of drug-likeness (QED) is 0.825. The van der Waals surface area contributed by atoms with E-state index in [2.05, 4.69) is 6.92 Å². The largest absolute Gasteiger partial charge is 0.496 e. The maximum Gasteiger partial charge on any atom is 0.129 e. The van der Waals surface area contributed by atoms with Crippen LogP contribution in [0.2, 0.25) is 0 Å². The monoisotopic (exact) mass is 239 g/mol. The highest BCUT2D eigenvalue weighted by Gasteiger charge is 2.15. The fourth-order valence-corrected chi connectivity index (χ4v) is 1.69. The van der Waals surface area contributed by atoms with E-state index in [-0.39, 0.29) is 6.04 Å². The molecule has 0 saturated heterocycles. The fourth-order valence-electron chi connectivity index (χ4n) is 1.69. The lowest BCUT2D eigenvalue weighted by molar-refractivity contribution is 0.366. The van der Waals surface area contributed by atoms with E-state index in [0.717, 1.165) is 29.9 Å². The summed E-state index contributed by atoms with van der Waals surface area (Å²) >= 11 is 0. The molecule has 0 aliphatic heterocycles. The molecule has 0 spiro atoms. The molecule has 0 heterocycles. The second-order valence-electron chi connectivity index (χ2n) is 3.88. The Morgan fingerprint density at radius 3 is 1.94 bits per heavy atom. The summed E-state index contributed by atoms with van der Waals surface area (Å²) in [5.41, 5.74) is 6.97. The maximum atomic E-state index is 5.98. The first-order valence-electron chi connectivity index (χ1n) is 5.70. The van der Waals surface area contributed by atoms with Crippen molar-refractivity contribution in [3.63, 3.8) is 0 Å². The molecular weight excluding hydrogens is 218 g/mol. The second-order valence-corrected chi connectivity index (χ2v) is 3.88. The topological polar surface area (TPSA) is 53.7 Å². The number of benzene rings is 1. The maximum absolute atomic E-state index is 5.98. The van der Waals surface area contributed by atoms with Crippen molar-refractivity contribution in [2.45, 2.75) is 25.8 Å². The Labute approximate surface area is 103 Å². The third-order valence-corrected chi connectivity index (χ3v) is 2.81. The van der Waals surface area contributed by atoms with Crippen molar-refractivity contribution in [1.29, 1.82) is 0 Å². The molecule has 0 fully saturated rings. The summed E-state index contributed by atoms with van der Waals surface area (Å²) in [7, 11) is 4.88. The van der Waals surface area contributed by atoms with Gasteiger partial charge in [0.25, 0.3) is 0 Å². The summed E-state index contributed by atoms with van der Waals surface area (Å²) in [5, 5.41) is 0. The number of nitrogens with two attached hydrogens (primary N) is 1. The van der Waals surface area contributed by atoms with Gasteiger partial charge >= 0.3 is 0 Å². The van der Waals surface area contributed by atoms with Crippen LogP contribution in [0, 0.1) is 0 Å². The van der Waals surface area contributed by atoms with Crippen molar-refractivity contribution in [3.05, 3.63) is 17.7 Å². The zero-order valence-electron chi connectivity index (χ0n) is 10.9. The molecule has 17 heavy (non-hydrogen) atoms. The van der Waals surface area contributed by atoms with Crippen LogP contribution >= 0.6 is 0 Å². The predicted molar refractivity (Wildman–Crippen MR) is 68.1 cm³/mol. The Kier molecular flexibility index (Phi) is 5.10. The molecule has 0 bridgehead atoms. The predicted octanol–water partition coefficient (Wildman–Crippen LogP) is 1.99. The van der Waals surface area contributed by atoms with Gasteiger partial charge < -0.3 is 19.9 Å². The minimum absolute atomic E-state index is 0.103. The fraction of sp³-hybridized carbons (Fsp3) is 0.538. The van der Waals surface area contributed by atoms with E-state index >= 15 is 0 Å². The number of hydrogen-bond donors (Lipinski definition) is 1. The van der Waals surface area contributed by atoms with Gasteiger partial charge in [-0.15, -0.1) is 0 Å². The van der Waals surface area contributed by atoms with Gasteiger partial charge in [0, 0.05) is 23.7 Å². The Morgan fingerprint density at radius 2 is 1.59 bits per heavy atom. The summed E-state index contributed by atoms with van der Waals surface area (Å²) in [4.78, 5) is 0. The van der Waals surface area contributed by atoms with Gasteiger partial charge in [0.2, 0.25) is 0 Å². The molecule has 4 nitrogen and oxygen atoms in total. The molecule has 0 saturated carbocycles. The van der Waals surface area contributed by atoms with E-state index in [1.807, 2.05) is 12.1 Å². The van der Waals surface area contributed by atoms with Crippen LogP contribution in [0.5, 0.6) is 17.2 Å². The second kappa shape index (κ2) is 6.35. The van der Waals surface area contributed by atoms with E-state index in [1.165, 1.54) is 0 Å². The SMILES string of the molecule is CCC(N)Cc1c(OC)cc(OC)cc1OC. The zero-order chi connectivity index (χ0) is 12.8. The Bertz CT molecular complexity index is 341. The number of ether oxygens (including phenoxy) is 3. The summed E-state index contributed by atoms with van der Waals surface area (Å²) in [6, 6.07) is 3.80. The molecule has 0 amide bonds. The minimum Gasteiger partial charge on any atom is -0.496 e. The highest BCUT2D eigenvalue weighted by Crippen LogP contribution is 2.34. The highest BCUT2D eigenvalue weighted by molar-refractivity contribution is 5.51. The molecule has 1 aromatic rings. The lowest BCUT2D eigenvalue weighted by atomic mass is 10.0. The molecule has 1 rings (SSSR count). The number of hydrogen-bond acceptors (Lipinski definition) is 4. The molecule has 1 unspecified atom stereocenters. The normalized spacial score (nSPS) is 12.1. The molecule has 4 heteroatoms. The number of rotatable bonds is 6. The van der Waals surface area contributed by atoms with E-state index in [0.29, 0.717) is 5.75 Å². The van der Waals surface area contributed by atoms with E-state index in [9.17, 15) is 0 Å². The van der Waals surface area contributed by atoms with Crippen LogP contribution in [0.25, 0.3) is 0 Å². The van der Waals surface area contributed by atoms with Gasteiger partial charge in [0.1, 0.15) is 17.2 Å². The van der Waals surface area contributed by atoms with Gasteiger partial charge in [-0.1, -0.05) is 6.92 Å². The van der Waals surface area contributed by atoms with Crippen molar-refractivity contribution in [1.82, 2.24) is 0 Å². The van der Waals surface area contributed by atoms with Crippen LogP contribution < -0.4 is 19.9 Å². The van der Waals surface area contributed by atoms with Crippen molar-refractivity contribution < 1.29 is 14.2 Å². The third-order valence-electron chi connectivity index (χ3n) is 2.81. The Hall–Kier alpha value is -1.42. The smallest absolute Gasteiger partial charge is 0.129 e. The van der Waals surface area contributed by atoms with E-state index < -0.39 is 0 Å². The van der Waals surface area contributed by atoms with E-state index in [1.54, 1.807) is 21.3 Å². The molecular formula is C13H21NO3. The van der Waals surface area contributed by atoms with Crippen molar-refractivity contribution in [3.8, 4) is 17.2 Å². The zero-order valence-corrected chi connectivity index (χ0v) is 10.9. The minimum atomic E-state index is 0.103. The van der Waals surface area contributed by atoms with Gasteiger partial charge in [-0.2, -0.15) is 0 Å². The lowest BCUT2D eigenvalue weighted by Crippen LogP contribution is -2.22. The summed E-state index contributed by atoms with van der Waals surface area (Å²) in [6.45, 7) is 2.06. The van der Waals surface area contributed by atoms with Gasteiger partial charge in [0.15, 0.2) is 0 Å². The first-order valence-corrected chi connectivity index (χ1v) is 5.70. The molecule has 2 N–H and O–H groups in total. The van der Waals surface area contributed by atoms with Crippen LogP contribution in [0.4, 0.5) is 0 Å². The van der Waals surface area contributed by atoms with E-state index in [4.69, 9.17) is 19.9 Å². The van der Waals surface area contributed by atoms with Crippen molar-refractivity contribution in [2.24, 2.45) is 5.73 Å². The van der Waals surface area contributed by atoms with Crippen LogP contribution in [-0.4, -0.2) is 27.4 Å². The van der Waals surface area contributed by atoms with Crippen LogP contribution in [0.1, 0.15) is 18.9 Å². The molecule has 1 aromatic carbocycles. The Balaban J connectivity index is 3.15. The number of methoxy groups -OCH3 is 3. The first-order chi connectivity index (χ1) is 8.15. The van der Waals surface area contributed by atoms with Crippen molar-refractivity contribution in [2.75, 3.05) is 21.3 Å². The third kappa shape index (κ3) is 3.27. The van der Waals surface area contributed by atoms with Crippen LogP contribution in [-0.2, 0) is 6.42 Å². The molecule has 1 atom stereocenters. The van der Waals surface area contributed by atoms with Gasteiger partial charge in [0.05, 0.1) is 21.3 Å². The average molecular weight is 239 g/mol. The Morgan fingerprint density at radius 1 is 1.06 bits per heavy atom. The molecule has 96 valence electrons.